The van der Waals surface area contributed by atoms with E-state index >= 15 is 0 Å². The van der Waals surface area contributed by atoms with Gasteiger partial charge in [0.1, 0.15) is 5.76 Å². The Morgan fingerprint density at radius 2 is 2.10 bits per heavy atom. The van der Waals surface area contributed by atoms with Gasteiger partial charge in [0.25, 0.3) is 0 Å². The van der Waals surface area contributed by atoms with Crippen molar-refractivity contribution < 1.29 is 14.0 Å². The van der Waals surface area contributed by atoms with Crippen LogP contribution in [-0.4, -0.2) is 13.2 Å². The van der Waals surface area contributed by atoms with Crippen molar-refractivity contribution in [2.75, 3.05) is 7.11 Å². The van der Waals surface area contributed by atoms with E-state index in [2.05, 4.69) is 5.48 Å². The third kappa shape index (κ3) is 2.67. The minimum absolute atomic E-state index is 0.0210. The molecule has 0 aliphatic heterocycles. The minimum Gasteiger partial charge on any atom is -0.493 e. The topological polar surface area (TPSA) is 43.6 Å². The number of benzene rings is 1. The number of para-hydroxylation sites is 1. The quantitative estimate of drug-likeness (QED) is 0.839. The number of ether oxygens (including phenoxy) is 1. The van der Waals surface area contributed by atoms with E-state index in [1.165, 1.54) is 12.8 Å². The summed E-state index contributed by atoms with van der Waals surface area (Å²) in [6.07, 6.45) is 5.17. The number of nitrogens with one attached hydrogen (secondary N) is 1. The van der Waals surface area contributed by atoms with Crippen LogP contribution in [0.25, 0.3) is 11.0 Å². The molecule has 1 atom stereocenters. The first-order valence-corrected chi connectivity index (χ1v) is 7.25. The van der Waals surface area contributed by atoms with E-state index in [4.69, 9.17) is 14.0 Å². The third-order valence-electron chi connectivity index (χ3n) is 3.89. The van der Waals surface area contributed by atoms with Gasteiger partial charge in [-0.05, 0) is 31.9 Å². The van der Waals surface area contributed by atoms with E-state index in [0.29, 0.717) is 6.10 Å². The Bertz CT molecular complexity index is 572. The highest BCUT2D eigenvalue weighted by molar-refractivity contribution is 5.83. The number of hydrogen-bond donors (Lipinski definition) is 1. The first-order chi connectivity index (χ1) is 9.78. The molecule has 4 nitrogen and oxygen atoms in total. The molecule has 1 N–H and O–H groups in total. The van der Waals surface area contributed by atoms with Gasteiger partial charge in [-0.25, -0.2) is 0 Å². The molecular weight excluding hydrogens is 254 g/mol. The molecule has 0 spiro atoms. The molecule has 1 aliphatic rings. The van der Waals surface area contributed by atoms with E-state index in [1.54, 1.807) is 7.11 Å². The summed E-state index contributed by atoms with van der Waals surface area (Å²) in [6, 6.07) is 7.95. The Morgan fingerprint density at radius 3 is 2.85 bits per heavy atom. The fourth-order valence-corrected chi connectivity index (χ4v) is 2.69. The van der Waals surface area contributed by atoms with Gasteiger partial charge in [0.15, 0.2) is 11.3 Å². The maximum Gasteiger partial charge on any atom is 0.176 e. The van der Waals surface area contributed by atoms with Crippen LogP contribution in [0.1, 0.15) is 44.4 Å². The second kappa shape index (κ2) is 5.85. The molecule has 0 bridgehead atoms. The SMILES string of the molecule is COc1cccc2cc(C(C)NOC3CCCC3)oc12. The molecule has 1 fully saturated rings. The number of hydroxylamine groups is 1. The first kappa shape index (κ1) is 13.5. The van der Waals surface area contributed by atoms with Gasteiger partial charge < -0.3 is 9.15 Å². The highest BCUT2D eigenvalue weighted by Gasteiger charge is 2.19. The number of fused-ring (bicyclic) bond motifs is 1. The smallest absolute Gasteiger partial charge is 0.176 e. The van der Waals surface area contributed by atoms with E-state index < -0.39 is 0 Å². The lowest BCUT2D eigenvalue weighted by Gasteiger charge is -2.15. The van der Waals surface area contributed by atoms with Crippen LogP contribution in [0.5, 0.6) is 5.75 Å². The van der Waals surface area contributed by atoms with E-state index in [9.17, 15) is 0 Å². The monoisotopic (exact) mass is 275 g/mol. The van der Waals surface area contributed by atoms with Crippen LogP contribution in [0.15, 0.2) is 28.7 Å². The van der Waals surface area contributed by atoms with E-state index in [-0.39, 0.29) is 6.04 Å². The molecule has 20 heavy (non-hydrogen) atoms. The molecule has 1 aliphatic carbocycles. The molecular formula is C16H21NO3. The Morgan fingerprint density at radius 1 is 1.30 bits per heavy atom. The number of hydrogen-bond acceptors (Lipinski definition) is 4. The normalized spacial score (nSPS) is 17.7. The Kier molecular flexibility index (Phi) is 3.94. The predicted octanol–water partition coefficient (Wildman–Crippen LogP) is 3.97. The Balaban J connectivity index is 1.72. The van der Waals surface area contributed by atoms with Crippen molar-refractivity contribution >= 4 is 11.0 Å². The van der Waals surface area contributed by atoms with Crippen molar-refractivity contribution in [2.24, 2.45) is 0 Å². The molecule has 0 radical (unpaired) electrons. The average molecular weight is 275 g/mol. The van der Waals surface area contributed by atoms with Crippen LogP contribution in [0.2, 0.25) is 0 Å². The zero-order chi connectivity index (χ0) is 13.9. The van der Waals surface area contributed by atoms with Crippen LogP contribution >= 0.6 is 0 Å². The second-order valence-corrected chi connectivity index (χ2v) is 5.39. The highest BCUT2D eigenvalue weighted by atomic mass is 16.7. The van der Waals surface area contributed by atoms with Gasteiger partial charge in [0.05, 0.1) is 19.3 Å². The van der Waals surface area contributed by atoms with Crippen LogP contribution in [-0.2, 0) is 4.84 Å². The number of furan rings is 1. The molecule has 108 valence electrons. The predicted molar refractivity (Wildman–Crippen MR) is 77.7 cm³/mol. The van der Waals surface area contributed by atoms with Crippen molar-refractivity contribution in [2.45, 2.75) is 44.8 Å². The maximum atomic E-state index is 5.90. The van der Waals surface area contributed by atoms with E-state index in [1.807, 2.05) is 31.2 Å². The van der Waals surface area contributed by atoms with Crippen LogP contribution in [0.3, 0.4) is 0 Å². The molecule has 1 aromatic carbocycles. The van der Waals surface area contributed by atoms with Crippen LogP contribution < -0.4 is 10.2 Å². The summed E-state index contributed by atoms with van der Waals surface area (Å²) in [7, 11) is 1.65. The summed E-state index contributed by atoms with van der Waals surface area (Å²) < 4.78 is 11.2. The van der Waals surface area contributed by atoms with Gasteiger partial charge >= 0.3 is 0 Å². The van der Waals surface area contributed by atoms with Crippen molar-refractivity contribution in [3.63, 3.8) is 0 Å². The largest absolute Gasteiger partial charge is 0.493 e. The van der Waals surface area contributed by atoms with Crippen molar-refractivity contribution in [1.29, 1.82) is 0 Å². The van der Waals surface area contributed by atoms with Crippen molar-refractivity contribution in [3.8, 4) is 5.75 Å². The van der Waals surface area contributed by atoms with E-state index in [0.717, 1.165) is 35.3 Å². The minimum atomic E-state index is 0.0210. The number of rotatable bonds is 5. The van der Waals surface area contributed by atoms with Gasteiger partial charge in [-0.3, -0.25) is 4.84 Å². The number of methoxy groups -OCH3 is 1. The second-order valence-electron chi connectivity index (χ2n) is 5.39. The molecule has 1 unspecified atom stereocenters. The average Bonchev–Trinajstić information content (AvgIpc) is 3.12. The molecule has 2 aromatic rings. The van der Waals surface area contributed by atoms with Crippen LogP contribution in [0.4, 0.5) is 0 Å². The fourth-order valence-electron chi connectivity index (χ4n) is 2.69. The summed E-state index contributed by atoms with van der Waals surface area (Å²) in [5, 5.41) is 1.05. The maximum absolute atomic E-state index is 5.90. The Labute approximate surface area is 119 Å². The lowest BCUT2D eigenvalue weighted by Crippen LogP contribution is -2.24. The molecule has 1 saturated carbocycles. The van der Waals surface area contributed by atoms with Crippen molar-refractivity contribution in [1.82, 2.24) is 5.48 Å². The summed E-state index contributed by atoms with van der Waals surface area (Å²) in [5.41, 5.74) is 3.90. The van der Waals surface area contributed by atoms with Gasteiger partial charge in [-0.15, -0.1) is 0 Å². The molecule has 1 heterocycles. The van der Waals surface area contributed by atoms with Crippen LogP contribution in [0, 0.1) is 0 Å². The first-order valence-electron chi connectivity index (χ1n) is 7.25. The summed E-state index contributed by atoms with van der Waals surface area (Å²) in [6.45, 7) is 2.04. The molecule has 0 amide bonds. The van der Waals surface area contributed by atoms with Gasteiger partial charge in [0, 0.05) is 5.39 Å². The van der Waals surface area contributed by atoms with Gasteiger partial charge in [-0.2, -0.15) is 5.48 Å². The lowest BCUT2D eigenvalue weighted by molar-refractivity contribution is -0.0406. The zero-order valence-corrected chi connectivity index (χ0v) is 12.0. The molecule has 3 rings (SSSR count). The van der Waals surface area contributed by atoms with Crippen molar-refractivity contribution in [3.05, 3.63) is 30.0 Å². The molecule has 0 saturated heterocycles. The Hall–Kier alpha value is -1.52. The van der Waals surface area contributed by atoms with Gasteiger partial charge in [0.2, 0.25) is 0 Å². The zero-order valence-electron chi connectivity index (χ0n) is 12.0. The standard InChI is InChI=1S/C16H21NO3/c1-11(17-20-13-7-3-4-8-13)15-10-12-6-5-9-14(18-2)16(12)19-15/h5-6,9-11,13,17H,3-4,7-8H2,1-2H3. The van der Waals surface area contributed by atoms with Gasteiger partial charge in [-0.1, -0.05) is 25.0 Å². The fraction of sp³-hybridized carbons (Fsp3) is 0.500. The molecule has 4 heteroatoms. The third-order valence-corrected chi connectivity index (χ3v) is 3.89. The molecule has 1 aromatic heterocycles. The highest BCUT2D eigenvalue weighted by Crippen LogP contribution is 2.31. The summed E-state index contributed by atoms with van der Waals surface area (Å²) in [5.74, 6) is 1.63. The summed E-state index contributed by atoms with van der Waals surface area (Å²) in [4.78, 5) is 5.73. The summed E-state index contributed by atoms with van der Waals surface area (Å²) >= 11 is 0. The lowest BCUT2D eigenvalue weighted by atomic mass is 10.2.